The van der Waals surface area contributed by atoms with Crippen molar-refractivity contribution in [2.24, 2.45) is 0 Å². The molecular weight excluding hydrogens is 356 g/mol. The Bertz CT molecular complexity index is 1030. The largest absolute Gasteiger partial charge is 0.355 e. The van der Waals surface area contributed by atoms with Crippen molar-refractivity contribution in [3.05, 3.63) is 53.9 Å². The maximum absolute atomic E-state index is 12.4. The molecular formula is C20H20N6O2. The van der Waals surface area contributed by atoms with E-state index in [0.29, 0.717) is 31.2 Å². The number of nitrogens with one attached hydrogen (secondary N) is 2. The molecule has 1 aliphatic heterocycles. The molecule has 1 aromatic carbocycles. The monoisotopic (exact) mass is 376 g/mol. The van der Waals surface area contributed by atoms with Crippen LogP contribution in [0.3, 0.4) is 0 Å². The molecule has 2 aromatic heterocycles. The highest BCUT2D eigenvalue weighted by Gasteiger charge is 2.23. The van der Waals surface area contributed by atoms with E-state index in [2.05, 4.69) is 20.7 Å². The Morgan fingerprint density at radius 2 is 1.93 bits per heavy atom. The van der Waals surface area contributed by atoms with Crippen LogP contribution >= 0.6 is 0 Å². The van der Waals surface area contributed by atoms with Gasteiger partial charge in [-0.25, -0.2) is 9.97 Å². The number of carbonyl (C=O) groups is 2. The van der Waals surface area contributed by atoms with E-state index in [-0.39, 0.29) is 11.8 Å². The predicted molar refractivity (Wildman–Crippen MR) is 103 cm³/mol. The highest BCUT2D eigenvalue weighted by Crippen LogP contribution is 2.29. The van der Waals surface area contributed by atoms with Crippen LogP contribution in [0.4, 0.5) is 0 Å². The minimum absolute atomic E-state index is 0.128. The minimum Gasteiger partial charge on any atom is -0.355 e. The van der Waals surface area contributed by atoms with E-state index in [4.69, 9.17) is 4.98 Å². The molecule has 0 spiro atoms. The van der Waals surface area contributed by atoms with Crippen LogP contribution in [0, 0.1) is 0 Å². The minimum atomic E-state index is -0.272. The Kier molecular flexibility index (Phi) is 4.84. The van der Waals surface area contributed by atoms with Gasteiger partial charge < -0.3 is 10.6 Å². The van der Waals surface area contributed by atoms with E-state index < -0.39 is 0 Å². The smallest absolute Gasteiger partial charge is 0.271 e. The zero-order valence-corrected chi connectivity index (χ0v) is 15.5. The van der Waals surface area contributed by atoms with Crippen molar-refractivity contribution >= 4 is 11.8 Å². The Labute approximate surface area is 162 Å². The molecule has 2 amide bonds. The number of amides is 2. The molecule has 1 aliphatic rings. The van der Waals surface area contributed by atoms with Crippen molar-refractivity contribution in [1.82, 2.24) is 30.4 Å². The zero-order chi connectivity index (χ0) is 19.5. The number of fused-ring (bicyclic) bond motifs is 3. The van der Waals surface area contributed by atoms with Gasteiger partial charge in [0, 0.05) is 43.9 Å². The number of nitrogens with zero attached hydrogens (tertiary/aromatic N) is 4. The molecule has 0 saturated heterocycles. The third-order valence-electron chi connectivity index (χ3n) is 4.53. The maximum Gasteiger partial charge on any atom is 0.271 e. The molecule has 3 aromatic rings. The number of carbonyl (C=O) groups excluding carboxylic acids is 2. The van der Waals surface area contributed by atoms with E-state index in [1.165, 1.54) is 6.92 Å². The molecule has 0 unspecified atom stereocenters. The van der Waals surface area contributed by atoms with E-state index in [0.717, 1.165) is 28.9 Å². The van der Waals surface area contributed by atoms with Gasteiger partial charge in [-0.15, -0.1) is 0 Å². The van der Waals surface area contributed by atoms with Crippen molar-refractivity contribution in [3.8, 4) is 22.8 Å². The summed E-state index contributed by atoms with van der Waals surface area (Å²) in [6.45, 7) is 2.84. The van der Waals surface area contributed by atoms with Crippen molar-refractivity contribution < 1.29 is 9.59 Å². The average Bonchev–Trinajstić information content (AvgIpc) is 3.16. The summed E-state index contributed by atoms with van der Waals surface area (Å²) in [5.41, 5.74) is 3.95. The fourth-order valence-corrected chi connectivity index (χ4v) is 3.16. The third kappa shape index (κ3) is 3.62. The molecule has 3 heterocycles. The molecule has 8 nitrogen and oxygen atoms in total. The number of hydrogen-bond acceptors (Lipinski definition) is 5. The maximum atomic E-state index is 12.4. The van der Waals surface area contributed by atoms with E-state index in [1.807, 2.05) is 41.2 Å². The number of aryl methyl sites for hydroxylation is 2. The first kappa shape index (κ1) is 17.8. The number of aromatic nitrogens is 4. The second-order valence-corrected chi connectivity index (χ2v) is 6.56. The molecule has 28 heavy (non-hydrogen) atoms. The molecule has 8 heteroatoms. The molecule has 4 rings (SSSR count). The fourth-order valence-electron chi connectivity index (χ4n) is 3.16. The molecule has 0 aliphatic carbocycles. The Morgan fingerprint density at radius 1 is 1.14 bits per heavy atom. The zero-order valence-electron chi connectivity index (χ0n) is 15.5. The second-order valence-electron chi connectivity index (χ2n) is 6.56. The molecule has 0 bridgehead atoms. The van der Waals surface area contributed by atoms with Gasteiger partial charge in [0.05, 0.1) is 11.4 Å². The number of benzene rings is 1. The van der Waals surface area contributed by atoms with Crippen LogP contribution in [0.25, 0.3) is 22.8 Å². The van der Waals surface area contributed by atoms with E-state index in [9.17, 15) is 9.59 Å². The molecule has 0 fully saturated rings. The van der Waals surface area contributed by atoms with Crippen molar-refractivity contribution in [2.75, 3.05) is 13.1 Å². The highest BCUT2D eigenvalue weighted by atomic mass is 16.2. The SMILES string of the molecule is CC(=O)NCCNC(=O)c1cc2n(n1)CCc1cnc(-c3ccccc3)nc1-2. The molecule has 0 radical (unpaired) electrons. The van der Waals surface area contributed by atoms with Crippen LogP contribution < -0.4 is 10.6 Å². The predicted octanol–water partition coefficient (Wildman–Crippen LogP) is 1.43. The lowest BCUT2D eigenvalue weighted by atomic mass is 10.1. The molecule has 0 saturated carbocycles. The van der Waals surface area contributed by atoms with Crippen LogP contribution in [0.5, 0.6) is 0 Å². The summed E-state index contributed by atoms with van der Waals surface area (Å²) >= 11 is 0. The van der Waals surface area contributed by atoms with Crippen molar-refractivity contribution in [3.63, 3.8) is 0 Å². The van der Waals surface area contributed by atoms with Crippen LogP contribution in [0.15, 0.2) is 42.6 Å². The van der Waals surface area contributed by atoms with Gasteiger partial charge in [-0.1, -0.05) is 30.3 Å². The van der Waals surface area contributed by atoms with Gasteiger partial charge in [0.2, 0.25) is 5.91 Å². The quantitative estimate of drug-likeness (QED) is 0.656. The van der Waals surface area contributed by atoms with Gasteiger partial charge in [-0.2, -0.15) is 5.10 Å². The summed E-state index contributed by atoms with van der Waals surface area (Å²) in [7, 11) is 0. The van der Waals surface area contributed by atoms with Gasteiger partial charge in [0.1, 0.15) is 0 Å². The summed E-state index contributed by atoms with van der Waals surface area (Å²) in [6.07, 6.45) is 2.62. The molecule has 0 atom stereocenters. The fraction of sp³-hybridized carbons (Fsp3) is 0.250. The standard InChI is InChI=1S/C20H20N6O2/c1-13(27)21-8-9-22-20(28)16-11-17-18-15(7-10-26(17)25-16)12-23-19(24-18)14-5-3-2-4-6-14/h2-6,11-12H,7-10H2,1H3,(H,21,27)(H,22,28). The van der Waals surface area contributed by atoms with Crippen LogP contribution in [0.2, 0.25) is 0 Å². The van der Waals surface area contributed by atoms with Gasteiger partial charge in [0.15, 0.2) is 11.5 Å². The van der Waals surface area contributed by atoms with Crippen LogP contribution in [0.1, 0.15) is 23.0 Å². The van der Waals surface area contributed by atoms with Crippen molar-refractivity contribution in [1.29, 1.82) is 0 Å². The topological polar surface area (TPSA) is 102 Å². The van der Waals surface area contributed by atoms with Crippen molar-refractivity contribution in [2.45, 2.75) is 19.9 Å². The summed E-state index contributed by atoms with van der Waals surface area (Å²) in [5, 5.41) is 9.82. The highest BCUT2D eigenvalue weighted by molar-refractivity contribution is 5.93. The normalized spacial score (nSPS) is 12.0. The van der Waals surface area contributed by atoms with Crippen LogP contribution in [-0.2, 0) is 17.8 Å². The summed E-state index contributed by atoms with van der Waals surface area (Å²) in [6, 6.07) is 11.5. The second kappa shape index (κ2) is 7.59. The lowest BCUT2D eigenvalue weighted by Crippen LogP contribution is -2.33. The van der Waals surface area contributed by atoms with Gasteiger partial charge in [-0.3, -0.25) is 14.3 Å². The molecule has 2 N–H and O–H groups in total. The lowest BCUT2D eigenvalue weighted by Gasteiger charge is -2.17. The lowest BCUT2D eigenvalue weighted by molar-refractivity contribution is -0.118. The Hall–Kier alpha value is -3.55. The summed E-state index contributed by atoms with van der Waals surface area (Å²) < 4.78 is 1.81. The summed E-state index contributed by atoms with van der Waals surface area (Å²) in [5.74, 6) is 0.249. The number of rotatable bonds is 5. The first-order valence-corrected chi connectivity index (χ1v) is 9.14. The van der Waals surface area contributed by atoms with Gasteiger partial charge in [0.25, 0.3) is 5.91 Å². The number of hydrogen-bond donors (Lipinski definition) is 2. The van der Waals surface area contributed by atoms with E-state index >= 15 is 0 Å². The Balaban J connectivity index is 1.57. The molecule has 142 valence electrons. The van der Waals surface area contributed by atoms with Crippen LogP contribution in [-0.4, -0.2) is 44.7 Å². The van der Waals surface area contributed by atoms with E-state index in [1.54, 1.807) is 6.07 Å². The average molecular weight is 376 g/mol. The first-order chi connectivity index (χ1) is 13.6. The van der Waals surface area contributed by atoms with Gasteiger partial charge in [-0.05, 0) is 12.5 Å². The third-order valence-corrected chi connectivity index (χ3v) is 4.53. The summed E-state index contributed by atoms with van der Waals surface area (Å²) in [4.78, 5) is 32.5. The first-order valence-electron chi connectivity index (χ1n) is 9.14. The van der Waals surface area contributed by atoms with Gasteiger partial charge >= 0.3 is 0 Å². The Morgan fingerprint density at radius 3 is 2.71 bits per heavy atom.